The predicted molar refractivity (Wildman–Crippen MR) is 86.3 cm³/mol. The van der Waals surface area contributed by atoms with Gasteiger partial charge in [-0.25, -0.2) is 9.78 Å². The first-order valence-corrected chi connectivity index (χ1v) is 7.50. The van der Waals surface area contributed by atoms with Gasteiger partial charge in [-0.2, -0.15) is 0 Å². The highest BCUT2D eigenvalue weighted by Gasteiger charge is 2.14. The minimum Gasteiger partial charge on any atom is -0.478 e. The first kappa shape index (κ1) is 17.4. The Labute approximate surface area is 127 Å². The summed E-state index contributed by atoms with van der Waals surface area (Å²) in [7, 11) is 4.10. The normalized spacial score (nSPS) is 11.2. The molecule has 0 aliphatic rings. The zero-order valence-corrected chi connectivity index (χ0v) is 13.8. The molecule has 0 unspecified atom stereocenters. The van der Waals surface area contributed by atoms with Crippen LogP contribution in [-0.2, 0) is 0 Å². The van der Waals surface area contributed by atoms with Gasteiger partial charge in [-0.1, -0.05) is 13.8 Å². The molecule has 0 radical (unpaired) electrons. The second-order valence-electron chi connectivity index (χ2n) is 5.84. The lowest BCUT2D eigenvalue weighted by molar-refractivity contribution is 0.0696. The number of aromatic carboxylic acids is 1. The minimum atomic E-state index is -0.898. The van der Waals surface area contributed by atoms with E-state index in [2.05, 4.69) is 35.8 Å². The van der Waals surface area contributed by atoms with Crippen LogP contribution in [0.3, 0.4) is 0 Å². The van der Waals surface area contributed by atoms with Crippen molar-refractivity contribution in [1.29, 1.82) is 0 Å². The van der Waals surface area contributed by atoms with Crippen LogP contribution in [0.2, 0.25) is 0 Å². The lowest BCUT2D eigenvalue weighted by atomic mass is 10.1. The number of hydrogen-bond donors (Lipinski definition) is 1. The van der Waals surface area contributed by atoms with Crippen molar-refractivity contribution < 1.29 is 9.90 Å². The fraction of sp³-hybridized carbons (Fsp3) is 0.625. The third-order valence-electron chi connectivity index (χ3n) is 3.41. The van der Waals surface area contributed by atoms with Gasteiger partial charge in [-0.15, -0.1) is 0 Å². The van der Waals surface area contributed by atoms with E-state index < -0.39 is 5.97 Å². The molecule has 0 saturated carbocycles. The van der Waals surface area contributed by atoms with Gasteiger partial charge in [0.1, 0.15) is 5.82 Å². The highest BCUT2D eigenvalue weighted by molar-refractivity contribution is 5.88. The summed E-state index contributed by atoms with van der Waals surface area (Å²) in [4.78, 5) is 20.2. The van der Waals surface area contributed by atoms with Crippen molar-refractivity contribution in [2.75, 3.05) is 38.6 Å². The molecule has 0 aliphatic heterocycles. The molecule has 21 heavy (non-hydrogen) atoms. The number of hydrogen-bond acceptors (Lipinski definition) is 4. The van der Waals surface area contributed by atoms with E-state index in [0.717, 1.165) is 37.6 Å². The Morgan fingerprint density at radius 3 is 2.43 bits per heavy atom. The fourth-order valence-electron chi connectivity index (χ4n) is 2.13. The first-order valence-electron chi connectivity index (χ1n) is 7.50. The third-order valence-corrected chi connectivity index (χ3v) is 3.41. The molecule has 0 aliphatic carbocycles. The molecule has 1 rings (SSSR count). The van der Waals surface area contributed by atoms with Crippen LogP contribution in [0.1, 0.15) is 49.2 Å². The molecule has 0 atom stereocenters. The molecule has 0 aromatic carbocycles. The number of anilines is 1. The number of rotatable bonds is 8. The Morgan fingerprint density at radius 2 is 1.95 bits per heavy atom. The van der Waals surface area contributed by atoms with Crippen LogP contribution in [0.4, 0.5) is 5.82 Å². The maximum atomic E-state index is 11.3. The standard InChI is InChI=1S/C16H27N3O2/c1-6-19(9-7-8-18(4)5)15-11-13(16(20)21)10-14(17-15)12(2)3/h10-12H,6-9H2,1-5H3,(H,20,21). The molecule has 5 nitrogen and oxygen atoms in total. The SMILES string of the molecule is CCN(CCCN(C)C)c1cc(C(=O)O)cc(C(C)C)n1. The molecule has 1 heterocycles. The molecule has 1 N–H and O–H groups in total. The van der Waals surface area contributed by atoms with Crippen molar-refractivity contribution in [2.45, 2.75) is 33.1 Å². The Hall–Kier alpha value is -1.62. The number of carboxylic acid groups (broad SMARTS) is 1. The van der Waals surface area contributed by atoms with E-state index in [4.69, 9.17) is 0 Å². The van der Waals surface area contributed by atoms with E-state index in [1.54, 1.807) is 12.1 Å². The van der Waals surface area contributed by atoms with Crippen LogP contribution in [0.25, 0.3) is 0 Å². The number of nitrogens with zero attached hydrogens (tertiary/aromatic N) is 3. The van der Waals surface area contributed by atoms with Gasteiger partial charge in [0.05, 0.1) is 5.56 Å². The van der Waals surface area contributed by atoms with E-state index in [1.807, 2.05) is 13.8 Å². The highest BCUT2D eigenvalue weighted by Crippen LogP contribution is 2.20. The summed E-state index contributed by atoms with van der Waals surface area (Å²) >= 11 is 0. The van der Waals surface area contributed by atoms with Gasteiger partial charge in [0.2, 0.25) is 0 Å². The topological polar surface area (TPSA) is 56.7 Å². The highest BCUT2D eigenvalue weighted by atomic mass is 16.4. The van der Waals surface area contributed by atoms with Gasteiger partial charge < -0.3 is 14.9 Å². The number of aromatic nitrogens is 1. The van der Waals surface area contributed by atoms with Crippen LogP contribution < -0.4 is 4.90 Å². The average Bonchev–Trinajstić information content (AvgIpc) is 2.42. The monoisotopic (exact) mass is 293 g/mol. The molecule has 0 saturated heterocycles. The Kier molecular flexibility index (Phi) is 6.62. The molecule has 0 spiro atoms. The van der Waals surface area contributed by atoms with Gasteiger partial charge in [0.25, 0.3) is 0 Å². The predicted octanol–water partition coefficient (Wildman–Crippen LogP) is 2.68. The van der Waals surface area contributed by atoms with Crippen LogP contribution in [0.15, 0.2) is 12.1 Å². The van der Waals surface area contributed by atoms with Gasteiger partial charge in [-0.3, -0.25) is 0 Å². The second kappa shape index (κ2) is 7.98. The lowest BCUT2D eigenvalue weighted by Crippen LogP contribution is -2.28. The van der Waals surface area contributed by atoms with E-state index in [1.165, 1.54) is 0 Å². The van der Waals surface area contributed by atoms with Crippen molar-refractivity contribution in [3.05, 3.63) is 23.4 Å². The Bertz CT molecular complexity index is 473. The van der Waals surface area contributed by atoms with E-state index in [0.29, 0.717) is 5.56 Å². The molecular weight excluding hydrogens is 266 g/mol. The van der Waals surface area contributed by atoms with Crippen LogP contribution in [0.5, 0.6) is 0 Å². The summed E-state index contributed by atoms with van der Waals surface area (Å²) < 4.78 is 0. The summed E-state index contributed by atoms with van der Waals surface area (Å²) in [5, 5.41) is 9.27. The lowest BCUT2D eigenvalue weighted by Gasteiger charge is -2.24. The van der Waals surface area contributed by atoms with Gasteiger partial charge in [-0.05, 0) is 52.0 Å². The average molecular weight is 293 g/mol. The molecule has 5 heteroatoms. The zero-order valence-electron chi connectivity index (χ0n) is 13.8. The van der Waals surface area contributed by atoms with Crippen LogP contribution in [-0.4, -0.2) is 54.7 Å². The molecule has 1 aromatic heterocycles. The van der Waals surface area contributed by atoms with Crippen LogP contribution in [0, 0.1) is 0 Å². The molecule has 0 bridgehead atoms. The van der Waals surface area contributed by atoms with Crippen LogP contribution >= 0.6 is 0 Å². The number of pyridine rings is 1. The van der Waals surface area contributed by atoms with Crippen molar-refractivity contribution in [2.24, 2.45) is 0 Å². The zero-order chi connectivity index (χ0) is 16.0. The van der Waals surface area contributed by atoms with E-state index >= 15 is 0 Å². The summed E-state index contributed by atoms with van der Waals surface area (Å²) in [6.45, 7) is 8.83. The summed E-state index contributed by atoms with van der Waals surface area (Å²) in [5.41, 5.74) is 1.14. The second-order valence-corrected chi connectivity index (χ2v) is 5.84. The Morgan fingerprint density at radius 1 is 1.29 bits per heavy atom. The number of carbonyl (C=O) groups is 1. The minimum absolute atomic E-state index is 0.212. The molecule has 1 aromatic rings. The van der Waals surface area contributed by atoms with Gasteiger partial charge >= 0.3 is 5.97 Å². The summed E-state index contributed by atoms with van der Waals surface area (Å²) in [5.74, 6) is 0.0771. The maximum absolute atomic E-state index is 11.3. The molecule has 0 fully saturated rings. The molecule has 0 amide bonds. The van der Waals surface area contributed by atoms with Gasteiger partial charge in [0, 0.05) is 18.8 Å². The smallest absolute Gasteiger partial charge is 0.335 e. The quantitative estimate of drug-likeness (QED) is 0.798. The fourth-order valence-corrected chi connectivity index (χ4v) is 2.13. The number of carboxylic acids is 1. The van der Waals surface area contributed by atoms with Crippen molar-refractivity contribution in [3.63, 3.8) is 0 Å². The summed E-state index contributed by atoms with van der Waals surface area (Å²) in [6.07, 6.45) is 1.02. The summed E-state index contributed by atoms with van der Waals surface area (Å²) in [6, 6.07) is 3.34. The molecular formula is C16H27N3O2. The molecule has 118 valence electrons. The maximum Gasteiger partial charge on any atom is 0.335 e. The van der Waals surface area contributed by atoms with Gasteiger partial charge in [0.15, 0.2) is 0 Å². The van der Waals surface area contributed by atoms with Crippen molar-refractivity contribution in [3.8, 4) is 0 Å². The Balaban J connectivity index is 2.99. The third kappa shape index (κ3) is 5.34. The largest absolute Gasteiger partial charge is 0.478 e. The van der Waals surface area contributed by atoms with E-state index in [-0.39, 0.29) is 5.92 Å². The van der Waals surface area contributed by atoms with Crippen molar-refractivity contribution >= 4 is 11.8 Å². The first-order chi connectivity index (χ1) is 9.85. The van der Waals surface area contributed by atoms with E-state index in [9.17, 15) is 9.90 Å². The van der Waals surface area contributed by atoms with Crippen molar-refractivity contribution in [1.82, 2.24) is 9.88 Å².